The molecule has 25 heavy (non-hydrogen) atoms. The van der Waals surface area contributed by atoms with Crippen LogP contribution >= 0.6 is 0 Å². The summed E-state index contributed by atoms with van der Waals surface area (Å²) >= 11 is 0. The number of nitro benzene ring substituents is 1. The van der Waals surface area contributed by atoms with E-state index in [9.17, 15) is 24.1 Å². The van der Waals surface area contributed by atoms with Gasteiger partial charge in [-0.3, -0.25) is 24.6 Å². The predicted octanol–water partition coefficient (Wildman–Crippen LogP) is 1.02. The highest BCUT2D eigenvalue weighted by Crippen LogP contribution is 2.18. The number of benzene rings is 1. The Kier molecular flexibility index (Phi) is 6.02. The first-order valence-electron chi connectivity index (χ1n) is 8.03. The second-order valence-corrected chi connectivity index (χ2v) is 6.21. The Morgan fingerprint density at radius 2 is 1.92 bits per heavy atom. The third-order valence-electron chi connectivity index (χ3n) is 3.87. The molecule has 1 N–H and O–H groups in total. The number of rotatable bonds is 5. The summed E-state index contributed by atoms with van der Waals surface area (Å²) < 4.78 is 14.0. The Balaban J connectivity index is 1.93. The molecule has 0 atom stereocenters. The molecular weight excluding hydrogens is 331 g/mol. The average Bonchev–Trinajstić information content (AvgIpc) is 2.54. The van der Waals surface area contributed by atoms with Crippen molar-refractivity contribution < 1.29 is 18.9 Å². The number of halogens is 1. The minimum Gasteiger partial charge on any atom is -0.353 e. The first-order valence-corrected chi connectivity index (χ1v) is 8.03. The van der Waals surface area contributed by atoms with Crippen molar-refractivity contribution in [1.82, 2.24) is 15.1 Å². The monoisotopic (exact) mass is 352 g/mol. The molecule has 136 valence electrons. The average molecular weight is 352 g/mol. The highest BCUT2D eigenvalue weighted by Gasteiger charge is 2.26. The van der Waals surface area contributed by atoms with Crippen LogP contribution < -0.4 is 5.32 Å². The van der Waals surface area contributed by atoms with Crippen LogP contribution in [0, 0.1) is 15.9 Å². The molecule has 8 nitrogen and oxygen atoms in total. The molecule has 1 aromatic carbocycles. The van der Waals surface area contributed by atoms with Gasteiger partial charge in [-0.25, -0.2) is 4.39 Å². The number of hydrogen-bond acceptors (Lipinski definition) is 5. The number of hydrogen-bond donors (Lipinski definition) is 1. The molecule has 1 saturated heterocycles. The van der Waals surface area contributed by atoms with Gasteiger partial charge in [-0.15, -0.1) is 0 Å². The van der Waals surface area contributed by atoms with Crippen molar-refractivity contribution in [3.8, 4) is 0 Å². The SMILES string of the molecule is CC(C)NC(=O)CN1CCN(C(=O)c2ccc([N+](=O)[O-])cc2F)CC1. The first-order chi connectivity index (χ1) is 11.8. The quantitative estimate of drug-likeness (QED) is 0.630. The van der Waals surface area contributed by atoms with Crippen LogP contribution in [0.3, 0.4) is 0 Å². The molecule has 2 rings (SSSR count). The second-order valence-electron chi connectivity index (χ2n) is 6.21. The van der Waals surface area contributed by atoms with Crippen LogP contribution in [0.5, 0.6) is 0 Å². The highest BCUT2D eigenvalue weighted by atomic mass is 19.1. The maximum Gasteiger partial charge on any atom is 0.272 e. The maximum absolute atomic E-state index is 14.0. The summed E-state index contributed by atoms with van der Waals surface area (Å²) in [5.74, 6) is -1.48. The van der Waals surface area contributed by atoms with Crippen molar-refractivity contribution >= 4 is 17.5 Å². The molecule has 0 saturated carbocycles. The van der Waals surface area contributed by atoms with Gasteiger partial charge in [0.05, 0.1) is 23.1 Å². The molecule has 1 aromatic rings. The van der Waals surface area contributed by atoms with Gasteiger partial charge in [0.1, 0.15) is 5.82 Å². The molecule has 2 amide bonds. The van der Waals surface area contributed by atoms with E-state index in [1.165, 1.54) is 4.90 Å². The maximum atomic E-state index is 14.0. The zero-order valence-corrected chi connectivity index (χ0v) is 14.2. The Morgan fingerprint density at radius 3 is 2.44 bits per heavy atom. The summed E-state index contributed by atoms with van der Waals surface area (Å²) in [6, 6.07) is 3.07. The van der Waals surface area contributed by atoms with E-state index < -0.39 is 22.3 Å². The van der Waals surface area contributed by atoms with E-state index in [0.29, 0.717) is 26.2 Å². The van der Waals surface area contributed by atoms with Gasteiger partial charge in [0.2, 0.25) is 5.91 Å². The normalized spacial score (nSPS) is 15.3. The van der Waals surface area contributed by atoms with Gasteiger partial charge in [0, 0.05) is 38.3 Å². The minimum atomic E-state index is -0.905. The fourth-order valence-electron chi connectivity index (χ4n) is 2.64. The molecule has 0 radical (unpaired) electrons. The molecule has 0 bridgehead atoms. The molecule has 1 heterocycles. The van der Waals surface area contributed by atoms with E-state index in [4.69, 9.17) is 0 Å². The Labute approximate surface area is 144 Å². The van der Waals surface area contributed by atoms with E-state index in [2.05, 4.69) is 5.32 Å². The van der Waals surface area contributed by atoms with Gasteiger partial charge in [-0.05, 0) is 19.9 Å². The standard InChI is InChI=1S/C16H21FN4O4/c1-11(2)18-15(22)10-19-5-7-20(8-6-19)16(23)13-4-3-12(21(24)25)9-14(13)17/h3-4,9,11H,5-8,10H2,1-2H3,(H,18,22). The third kappa shape index (κ3) is 4.96. The topological polar surface area (TPSA) is 95.8 Å². The number of nitrogens with one attached hydrogen (secondary N) is 1. The fraction of sp³-hybridized carbons (Fsp3) is 0.500. The van der Waals surface area contributed by atoms with Crippen LogP contribution in [0.1, 0.15) is 24.2 Å². The van der Waals surface area contributed by atoms with Crippen LogP contribution in [-0.4, -0.2) is 65.3 Å². The van der Waals surface area contributed by atoms with Crippen molar-refractivity contribution in [2.75, 3.05) is 32.7 Å². The number of amides is 2. The summed E-state index contributed by atoms with van der Waals surface area (Å²) in [7, 11) is 0. The molecular formula is C16H21FN4O4. The van der Waals surface area contributed by atoms with Crippen molar-refractivity contribution in [3.63, 3.8) is 0 Å². The Hall–Kier alpha value is -2.55. The van der Waals surface area contributed by atoms with Crippen LogP contribution in [-0.2, 0) is 4.79 Å². The summed E-state index contributed by atoms with van der Waals surface area (Å²) in [4.78, 5) is 37.5. The lowest BCUT2D eigenvalue weighted by Crippen LogP contribution is -2.51. The van der Waals surface area contributed by atoms with E-state index in [1.54, 1.807) is 0 Å². The zero-order valence-electron chi connectivity index (χ0n) is 14.2. The summed E-state index contributed by atoms with van der Waals surface area (Å²) in [6.07, 6.45) is 0. The van der Waals surface area contributed by atoms with Gasteiger partial charge in [0.25, 0.3) is 11.6 Å². The number of carbonyl (C=O) groups is 2. The van der Waals surface area contributed by atoms with Crippen molar-refractivity contribution in [1.29, 1.82) is 0 Å². The Morgan fingerprint density at radius 1 is 1.28 bits per heavy atom. The molecule has 9 heteroatoms. The molecule has 0 aliphatic carbocycles. The molecule has 0 spiro atoms. The fourth-order valence-corrected chi connectivity index (χ4v) is 2.64. The lowest BCUT2D eigenvalue weighted by molar-refractivity contribution is -0.385. The molecule has 1 aliphatic rings. The van der Waals surface area contributed by atoms with Gasteiger partial charge in [-0.2, -0.15) is 0 Å². The summed E-state index contributed by atoms with van der Waals surface area (Å²) in [5, 5.41) is 13.4. The number of carbonyl (C=O) groups excluding carboxylic acids is 2. The molecule has 1 aliphatic heterocycles. The van der Waals surface area contributed by atoms with Crippen molar-refractivity contribution in [2.24, 2.45) is 0 Å². The number of non-ortho nitro benzene ring substituents is 1. The predicted molar refractivity (Wildman–Crippen MR) is 88.7 cm³/mol. The molecule has 1 fully saturated rings. The van der Waals surface area contributed by atoms with E-state index in [1.807, 2.05) is 18.7 Å². The summed E-state index contributed by atoms with van der Waals surface area (Å²) in [5.41, 5.74) is -0.577. The third-order valence-corrected chi connectivity index (χ3v) is 3.87. The van der Waals surface area contributed by atoms with Crippen molar-refractivity contribution in [2.45, 2.75) is 19.9 Å². The van der Waals surface area contributed by atoms with Gasteiger partial charge < -0.3 is 10.2 Å². The first kappa shape index (κ1) is 18.8. The largest absolute Gasteiger partial charge is 0.353 e. The zero-order chi connectivity index (χ0) is 18.6. The summed E-state index contributed by atoms with van der Waals surface area (Å²) in [6.45, 7) is 5.76. The number of nitrogens with zero attached hydrogens (tertiary/aromatic N) is 3. The smallest absolute Gasteiger partial charge is 0.272 e. The van der Waals surface area contributed by atoms with Crippen LogP contribution in [0.2, 0.25) is 0 Å². The molecule has 0 unspecified atom stereocenters. The lowest BCUT2D eigenvalue weighted by atomic mass is 10.1. The molecule has 0 aromatic heterocycles. The van der Waals surface area contributed by atoms with E-state index >= 15 is 0 Å². The van der Waals surface area contributed by atoms with E-state index in [-0.39, 0.29) is 24.1 Å². The van der Waals surface area contributed by atoms with Crippen LogP contribution in [0.25, 0.3) is 0 Å². The van der Waals surface area contributed by atoms with Crippen LogP contribution in [0.15, 0.2) is 18.2 Å². The van der Waals surface area contributed by atoms with Gasteiger partial charge in [0.15, 0.2) is 0 Å². The van der Waals surface area contributed by atoms with Gasteiger partial charge in [-0.1, -0.05) is 0 Å². The van der Waals surface area contributed by atoms with Gasteiger partial charge >= 0.3 is 0 Å². The number of piperazine rings is 1. The van der Waals surface area contributed by atoms with Crippen LogP contribution in [0.4, 0.5) is 10.1 Å². The number of nitro groups is 1. The lowest BCUT2D eigenvalue weighted by Gasteiger charge is -2.34. The highest BCUT2D eigenvalue weighted by molar-refractivity contribution is 5.94. The second kappa shape index (κ2) is 8.02. The minimum absolute atomic E-state index is 0.0699. The van der Waals surface area contributed by atoms with Crippen molar-refractivity contribution in [3.05, 3.63) is 39.7 Å². The van der Waals surface area contributed by atoms with E-state index in [0.717, 1.165) is 18.2 Å². The Bertz CT molecular complexity index is 672.